The zero-order valence-corrected chi connectivity index (χ0v) is 28.9. The number of anilines is 2. The lowest BCUT2D eigenvalue weighted by atomic mass is 9.90. The summed E-state index contributed by atoms with van der Waals surface area (Å²) in [5, 5.41) is 5.16. The molecule has 0 bridgehead atoms. The minimum Gasteiger partial charge on any atom is -0.462 e. The summed E-state index contributed by atoms with van der Waals surface area (Å²) in [6.07, 6.45) is 0.195. The number of nitrogens with one attached hydrogen (secondary N) is 1. The van der Waals surface area contributed by atoms with E-state index in [1.807, 2.05) is 60.7 Å². The molecule has 8 heteroatoms. The summed E-state index contributed by atoms with van der Waals surface area (Å²) in [5.74, 6) is 0.116. The molecule has 1 heterocycles. The average Bonchev–Trinajstić information content (AvgIpc) is 3.09. The van der Waals surface area contributed by atoms with Crippen LogP contribution in [-0.4, -0.2) is 30.9 Å². The van der Waals surface area contributed by atoms with E-state index in [4.69, 9.17) is 18.9 Å². The summed E-state index contributed by atoms with van der Waals surface area (Å²) in [5.41, 5.74) is 10.7. The van der Waals surface area contributed by atoms with Gasteiger partial charge in [-0.2, -0.15) is 12.6 Å². The molecular formula is C41H38N2O5S. The summed E-state index contributed by atoms with van der Waals surface area (Å²) in [6.45, 7) is 8.17. The first-order chi connectivity index (χ1) is 23.7. The van der Waals surface area contributed by atoms with Crippen LogP contribution in [0, 0.1) is 27.7 Å². The lowest BCUT2D eigenvalue weighted by Crippen LogP contribution is -2.15. The van der Waals surface area contributed by atoms with Crippen LogP contribution in [0.3, 0.4) is 0 Å². The third-order valence-corrected chi connectivity index (χ3v) is 8.67. The maximum atomic E-state index is 13.5. The van der Waals surface area contributed by atoms with Crippen molar-refractivity contribution in [1.29, 1.82) is 0 Å². The average molecular weight is 671 g/mol. The van der Waals surface area contributed by atoms with Gasteiger partial charge in [0.15, 0.2) is 0 Å². The van der Waals surface area contributed by atoms with Crippen LogP contribution >= 0.6 is 12.6 Å². The Kier molecular flexibility index (Phi) is 10.2. The molecule has 1 aliphatic carbocycles. The highest BCUT2D eigenvalue weighted by molar-refractivity contribution is 7.80. The molecule has 0 radical (unpaired) electrons. The first kappa shape index (κ1) is 33.6. The number of thiol groups is 1. The largest absolute Gasteiger partial charge is 0.462 e. The molecule has 248 valence electrons. The van der Waals surface area contributed by atoms with Crippen LogP contribution in [0.15, 0.2) is 106 Å². The number of nitrogens with zero attached hydrogens (tertiary/aromatic N) is 1. The number of carbonyl (C=O) groups excluding carboxylic acids is 2. The van der Waals surface area contributed by atoms with E-state index in [9.17, 15) is 9.59 Å². The number of hydrogen-bond donors (Lipinski definition) is 2. The van der Waals surface area contributed by atoms with Gasteiger partial charge in [0.1, 0.15) is 24.6 Å². The van der Waals surface area contributed by atoms with Gasteiger partial charge in [-0.3, -0.25) is 4.79 Å². The molecule has 2 aliphatic rings. The Bertz CT molecular complexity index is 2180. The number of para-hydroxylation sites is 2. The molecule has 0 spiro atoms. The molecule has 1 N–H and O–H groups in total. The molecule has 4 aromatic rings. The molecule has 6 rings (SSSR count). The van der Waals surface area contributed by atoms with Crippen LogP contribution < -0.4 is 10.7 Å². The number of esters is 2. The van der Waals surface area contributed by atoms with E-state index in [0.717, 1.165) is 61.2 Å². The van der Waals surface area contributed by atoms with Gasteiger partial charge in [0.05, 0.1) is 23.0 Å². The van der Waals surface area contributed by atoms with Crippen LogP contribution in [0.1, 0.15) is 39.0 Å². The van der Waals surface area contributed by atoms with Crippen molar-refractivity contribution in [2.75, 3.05) is 24.3 Å². The zero-order valence-electron chi connectivity index (χ0n) is 28.0. The zero-order chi connectivity index (χ0) is 34.5. The van der Waals surface area contributed by atoms with Gasteiger partial charge < -0.3 is 19.2 Å². The van der Waals surface area contributed by atoms with Gasteiger partial charge in [0.2, 0.25) is 0 Å². The highest BCUT2D eigenvalue weighted by atomic mass is 32.1. The molecular weight excluding hydrogens is 633 g/mol. The predicted octanol–water partition coefficient (Wildman–Crippen LogP) is 9.43. The van der Waals surface area contributed by atoms with Crippen molar-refractivity contribution in [3.05, 3.63) is 130 Å². The van der Waals surface area contributed by atoms with E-state index in [1.165, 1.54) is 0 Å². The smallest absolute Gasteiger partial charge is 0.338 e. The number of ether oxygens (including phenoxy) is 2. The Morgan fingerprint density at radius 1 is 0.755 bits per heavy atom. The molecule has 0 atom stereocenters. The van der Waals surface area contributed by atoms with Crippen molar-refractivity contribution in [3.63, 3.8) is 0 Å². The highest BCUT2D eigenvalue weighted by Crippen LogP contribution is 2.42. The lowest BCUT2D eigenvalue weighted by molar-refractivity contribution is -0.144. The molecule has 0 aromatic heterocycles. The van der Waals surface area contributed by atoms with Gasteiger partial charge in [0, 0.05) is 45.8 Å². The maximum absolute atomic E-state index is 13.5. The van der Waals surface area contributed by atoms with Crippen molar-refractivity contribution < 1.29 is 23.5 Å². The van der Waals surface area contributed by atoms with E-state index >= 15 is 0 Å². The minimum absolute atomic E-state index is 0.0284. The topological polar surface area (TPSA) is 90.1 Å². The number of rotatable bonds is 10. The Balaban J connectivity index is 1.48. The van der Waals surface area contributed by atoms with Gasteiger partial charge in [-0.25, -0.2) is 9.79 Å². The summed E-state index contributed by atoms with van der Waals surface area (Å²) in [4.78, 5) is 30.2. The predicted molar refractivity (Wildman–Crippen MR) is 198 cm³/mol. The van der Waals surface area contributed by atoms with Gasteiger partial charge in [-0.1, -0.05) is 54.6 Å². The van der Waals surface area contributed by atoms with E-state index in [0.29, 0.717) is 28.2 Å². The molecule has 0 unspecified atom stereocenters. The molecule has 49 heavy (non-hydrogen) atoms. The Morgan fingerprint density at radius 2 is 1.45 bits per heavy atom. The summed E-state index contributed by atoms with van der Waals surface area (Å²) in [7, 11) is 0. The van der Waals surface area contributed by atoms with Crippen molar-refractivity contribution in [3.8, 4) is 22.5 Å². The monoisotopic (exact) mass is 670 g/mol. The molecule has 0 amide bonds. The summed E-state index contributed by atoms with van der Waals surface area (Å²) < 4.78 is 17.4. The van der Waals surface area contributed by atoms with Crippen molar-refractivity contribution in [2.24, 2.45) is 4.99 Å². The normalized spacial score (nSPS) is 11.6. The van der Waals surface area contributed by atoms with E-state index < -0.39 is 5.97 Å². The number of hydrogen-bond acceptors (Lipinski definition) is 8. The summed E-state index contributed by atoms with van der Waals surface area (Å²) in [6, 6.07) is 31.6. The van der Waals surface area contributed by atoms with Crippen LogP contribution in [0.25, 0.3) is 33.4 Å². The number of carbonyl (C=O) groups is 2. The van der Waals surface area contributed by atoms with Crippen LogP contribution in [0.4, 0.5) is 17.1 Å². The highest BCUT2D eigenvalue weighted by Gasteiger charge is 2.22. The van der Waals surface area contributed by atoms with E-state index in [1.54, 1.807) is 12.1 Å². The molecule has 0 fully saturated rings. The van der Waals surface area contributed by atoms with Gasteiger partial charge in [0.25, 0.3) is 0 Å². The second-order valence-corrected chi connectivity index (χ2v) is 12.4. The Hall–Kier alpha value is -5.34. The maximum Gasteiger partial charge on any atom is 0.338 e. The third-order valence-electron chi connectivity index (χ3n) is 8.45. The third kappa shape index (κ3) is 7.39. The molecule has 0 saturated carbocycles. The van der Waals surface area contributed by atoms with Crippen molar-refractivity contribution in [2.45, 2.75) is 34.1 Å². The molecule has 0 saturated heterocycles. The Morgan fingerprint density at radius 3 is 2.18 bits per heavy atom. The molecule has 4 aromatic carbocycles. The summed E-state index contributed by atoms with van der Waals surface area (Å²) >= 11 is 4.05. The molecule has 1 aliphatic heterocycles. The van der Waals surface area contributed by atoms with Gasteiger partial charge in [-0.15, -0.1) is 0 Å². The van der Waals surface area contributed by atoms with Crippen molar-refractivity contribution >= 4 is 52.6 Å². The number of fused-ring (bicyclic) bond motifs is 2. The van der Waals surface area contributed by atoms with Crippen LogP contribution in [0.2, 0.25) is 0 Å². The second kappa shape index (κ2) is 14.8. The molecule has 7 nitrogen and oxygen atoms in total. The van der Waals surface area contributed by atoms with E-state index in [2.05, 4.69) is 69.9 Å². The SMILES string of the molecule is Cc1cccc(C)c1N=c1ccc2c(-c3ccccc3C(=O)OCCOC(=O)CCS)c3ccc(Nc4c(C)cccc4C)cc3oc-2c1. The van der Waals surface area contributed by atoms with Crippen molar-refractivity contribution in [1.82, 2.24) is 0 Å². The first-order valence-corrected chi connectivity index (χ1v) is 16.8. The number of benzene rings is 5. The lowest BCUT2D eigenvalue weighted by Gasteiger charge is -2.19. The quantitative estimate of drug-likeness (QED) is 0.0653. The van der Waals surface area contributed by atoms with E-state index in [-0.39, 0.29) is 25.6 Å². The fraction of sp³-hybridized carbons (Fsp3) is 0.195. The van der Waals surface area contributed by atoms with Crippen LogP contribution in [0.5, 0.6) is 0 Å². The standard InChI is InChI=1S/C41H38N2O5S/c1-25-9-7-10-26(2)39(25)42-29-15-17-33-35(23-29)48-36-24-30(43-40-27(3)11-8-12-28(40)4)16-18-34(36)38(33)31-13-5-6-14-32(31)41(45)47-21-20-46-37(44)19-22-49/h5-18,23-24,42,49H,19-22H2,1-4H3. The Labute approximate surface area is 291 Å². The van der Waals surface area contributed by atoms with Crippen LogP contribution in [-0.2, 0) is 14.3 Å². The van der Waals surface area contributed by atoms with Gasteiger partial charge >= 0.3 is 11.9 Å². The fourth-order valence-electron chi connectivity index (χ4n) is 5.99. The second-order valence-electron chi connectivity index (χ2n) is 12.0. The van der Waals surface area contributed by atoms with Gasteiger partial charge in [-0.05, 0) is 85.8 Å². The number of aryl methyl sites for hydroxylation is 4. The first-order valence-electron chi connectivity index (χ1n) is 16.2. The fourth-order valence-corrected chi connectivity index (χ4v) is 6.18. The minimum atomic E-state index is -0.516.